The summed E-state index contributed by atoms with van der Waals surface area (Å²) in [5.41, 5.74) is 0. The van der Waals surface area contributed by atoms with Crippen LogP contribution >= 0.6 is 0 Å². The van der Waals surface area contributed by atoms with Gasteiger partial charge in [0.15, 0.2) is 0 Å². The third kappa shape index (κ3) is 4.06. The largest absolute Gasteiger partial charge is 0.385 e. The molecule has 2 atom stereocenters. The highest BCUT2D eigenvalue weighted by molar-refractivity contribution is 5.81. The van der Waals surface area contributed by atoms with E-state index in [4.69, 9.17) is 0 Å². The second kappa shape index (κ2) is 7.87. The second-order valence-corrected chi connectivity index (χ2v) is 7.90. The Morgan fingerprint density at radius 2 is 1.84 bits per heavy atom. The van der Waals surface area contributed by atoms with Crippen molar-refractivity contribution in [3.63, 3.8) is 0 Å². The van der Waals surface area contributed by atoms with Gasteiger partial charge in [0.1, 0.15) is 11.9 Å². The fraction of sp³-hybridized carbons (Fsp3) is 0.789. The van der Waals surface area contributed by atoms with Crippen molar-refractivity contribution >= 4 is 5.91 Å². The Morgan fingerprint density at radius 3 is 2.40 bits per heavy atom. The molecule has 0 saturated carbocycles. The summed E-state index contributed by atoms with van der Waals surface area (Å²) in [6, 6.07) is -0.0559. The first-order valence-electron chi connectivity index (χ1n) is 9.65. The summed E-state index contributed by atoms with van der Waals surface area (Å²) in [4.78, 5) is 21.4. The van der Waals surface area contributed by atoms with Crippen molar-refractivity contribution in [3.05, 3.63) is 18.2 Å². The van der Waals surface area contributed by atoms with Gasteiger partial charge in [0, 0.05) is 32.5 Å². The number of carbonyl (C=O) groups excluding carboxylic acids is 1. The smallest absolute Gasteiger partial charge is 0.239 e. The number of carbonyl (C=O) groups is 1. The monoisotopic (exact) mass is 348 g/mol. The number of aliphatic hydroxyl groups excluding tert-OH is 1. The first kappa shape index (κ1) is 18.4. The lowest BCUT2D eigenvalue weighted by molar-refractivity contribution is -0.138. The first-order chi connectivity index (χ1) is 12.0. The van der Waals surface area contributed by atoms with Gasteiger partial charge in [-0.05, 0) is 57.5 Å². The number of aliphatic hydroxyl groups is 1. The van der Waals surface area contributed by atoms with Crippen LogP contribution in [0.1, 0.15) is 51.5 Å². The van der Waals surface area contributed by atoms with Gasteiger partial charge in [0.25, 0.3) is 0 Å². The molecule has 2 fully saturated rings. The Bertz CT molecular complexity index is 572. The van der Waals surface area contributed by atoms with E-state index in [0.29, 0.717) is 0 Å². The minimum atomic E-state index is -0.517. The zero-order chi connectivity index (χ0) is 18.0. The number of hydrogen-bond acceptors (Lipinski definition) is 4. The molecule has 0 aromatic carbocycles. The Kier molecular flexibility index (Phi) is 5.79. The van der Waals surface area contributed by atoms with Gasteiger partial charge in [0.05, 0.1) is 6.04 Å². The Labute approximate surface area is 150 Å². The van der Waals surface area contributed by atoms with Crippen molar-refractivity contribution in [3.8, 4) is 0 Å². The van der Waals surface area contributed by atoms with Crippen LogP contribution in [-0.4, -0.2) is 62.6 Å². The van der Waals surface area contributed by atoms with E-state index in [1.165, 1.54) is 0 Å². The predicted molar refractivity (Wildman–Crippen MR) is 96.9 cm³/mol. The SMILES string of the molecule is CC1CCN(C(=O)C(C)N2CCC(C(O)c3nccn3C)CC2)CC1. The maximum absolute atomic E-state index is 12.8. The quantitative estimate of drug-likeness (QED) is 0.901. The zero-order valence-electron chi connectivity index (χ0n) is 15.8. The summed E-state index contributed by atoms with van der Waals surface area (Å²) in [6.07, 6.45) is 7.14. The molecule has 1 N–H and O–H groups in total. The molecule has 2 aliphatic rings. The second-order valence-electron chi connectivity index (χ2n) is 7.90. The lowest BCUT2D eigenvalue weighted by Gasteiger charge is -2.39. The zero-order valence-corrected chi connectivity index (χ0v) is 15.8. The van der Waals surface area contributed by atoms with E-state index in [1.807, 2.05) is 29.6 Å². The van der Waals surface area contributed by atoms with Crippen LogP contribution in [0.4, 0.5) is 0 Å². The van der Waals surface area contributed by atoms with E-state index < -0.39 is 6.10 Å². The standard InChI is InChI=1S/C19H32N4O2/c1-14-4-9-23(10-5-14)19(25)15(2)22-11-6-16(7-12-22)17(24)18-20-8-13-21(18)3/h8,13-17,24H,4-7,9-12H2,1-3H3. The molecule has 25 heavy (non-hydrogen) atoms. The number of aromatic nitrogens is 2. The third-order valence-electron chi connectivity index (χ3n) is 6.14. The molecule has 3 rings (SSSR count). The van der Waals surface area contributed by atoms with Crippen LogP contribution in [0, 0.1) is 11.8 Å². The number of imidazole rings is 1. The van der Waals surface area contributed by atoms with Crippen LogP contribution in [0.5, 0.6) is 0 Å². The topological polar surface area (TPSA) is 61.6 Å². The highest BCUT2D eigenvalue weighted by atomic mass is 16.3. The van der Waals surface area contributed by atoms with Crippen molar-refractivity contribution in [2.24, 2.45) is 18.9 Å². The van der Waals surface area contributed by atoms with E-state index in [-0.39, 0.29) is 17.9 Å². The van der Waals surface area contributed by atoms with Crippen LogP contribution in [0.25, 0.3) is 0 Å². The summed E-state index contributed by atoms with van der Waals surface area (Å²) in [6.45, 7) is 7.84. The maximum atomic E-state index is 12.8. The van der Waals surface area contributed by atoms with Crippen molar-refractivity contribution < 1.29 is 9.90 Å². The van der Waals surface area contributed by atoms with Crippen molar-refractivity contribution in [1.82, 2.24) is 19.4 Å². The highest BCUT2D eigenvalue weighted by Gasteiger charge is 2.33. The number of amides is 1. The maximum Gasteiger partial charge on any atom is 0.239 e. The molecule has 140 valence electrons. The molecular weight excluding hydrogens is 316 g/mol. The summed E-state index contributed by atoms with van der Waals surface area (Å²) in [7, 11) is 1.92. The Morgan fingerprint density at radius 1 is 1.20 bits per heavy atom. The number of hydrogen-bond donors (Lipinski definition) is 1. The van der Waals surface area contributed by atoms with Crippen LogP contribution in [0.2, 0.25) is 0 Å². The average molecular weight is 348 g/mol. The minimum Gasteiger partial charge on any atom is -0.385 e. The molecule has 2 saturated heterocycles. The van der Waals surface area contributed by atoms with E-state index in [2.05, 4.69) is 16.8 Å². The number of rotatable bonds is 4. The van der Waals surface area contributed by atoms with Gasteiger partial charge >= 0.3 is 0 Å². The molecule has 0 aliphatic carbocycles. The molecule has 2 aliphatic heterocycles. The fourth-order valence-corrected chi connectivity index (χ4v) is 4.14. The molecule has 2 unspecified atom stereocenters. The van der Waals surface area contributed by atoms with E-state index >= 15 is 0 Å². The third-order valence-corrected chi connectivity index (χ3v) is 6.14. The van der Waals surface area contributed by atoms with Crippen molar-refractivity contribution in [2.45, 2.75) is 51.7 Å². The lowest BCUT2D eigenvalue weighted by atomic mass is 9.90. The van der Waals surface area contributed by atoms with E-state index in [1.54, 1.807) is 6.20 Å². The molecule has 6 heteroatoms. The summed E-state index contributed by atoms with van der Waals surface area (Å²) < 4.78 is 1.89. The minimum absolute atomic E-state index is 0.0559. The number of likely N-dealkylation sites (tertiary alicyclic amines) is 2. The van der Waals surface area contributed by atoms with Crippen molar-refractivity contribution in [1.29, 1.82) is 0 Å². The number of aryl methyl sites for hydroxylation is 1. The molecule has 6 nitrogen and oxygen atoms in total. The van der Waals surface area contributed by atoms with Gasteiger partial charge in [-0.1, -0.05) is 6.92 Å². The summed E-state index contributed by atoms with van der Waals surface area (Å²) >= 11 is 0. The number of piperidine rings is 2. The molecule has 0 bridgehead atoms. The van der Waals surface area contributed by atoms with Gasteiger partial charge < -0.3 is 14.6 Å². The fourth-order valence-electron chi connectivity index (χ4n) is 4.14. The molecule has 3 heterocycles. The van der Waals surface area contributed by atoms with Crippen LogP contribution < -0.4 is 0 Å². The van der Waals surface area contributed by atoms with Crippen LogP contribution in [0.15, 0.2) is 12.4 Å². The molecule has 1 amide bonds. The molecular formula is C19H32N4O2. The molecule has 1 aromatic heterocycles. The Hall–Kier alpha value is -1.40. The Balaban J connectivity index is 1.51. The van der Waals surface area contributed by atoms with Crippen LogP contribution in [-0.2, 0) is 11.8 Å². The predicted octanol–water partition coefficient (Wildman–Crippen LogP) is 1.81. The number of nitrogens with zero attached hydrogens (tertiary/aromatic N) is 4. The lowest BCUT2D eigenvalue weighted by Crippen LogP contribution is -2.51. The van der Waals surface area contributed by atoms with Gasteiger partial charge in [-0.2, -0.15) is 0 Å². The average Bonchev–Trinajstić information content (AvgIpc) is 3.06. The van der Waals surface area contributed by atoms with E-state index in [0.717, 1.165) is 63.6 Å². The van der Waals surface area contributed by atoms with Gasteiger partial charge in [-0.25, -0.2) is 4.98 Å². The first-order valence-corrected chi connectivity index (χ1v) is 9.65. The molecule has 0 radical (unpaired) electrons. The summed E-state index contributed by atoms with van der Waals surface area (Å²) in [5, 5.41) is 10.6. The van der Waals surface area contributed by atoms with Crippen LogP contribution in [0.3, 0.4) is 0 Å². The van der Waals surface area contributed by atoms with E-state index in [9.17, 15) is 9.90 Å². The van der Waals surface area contributed by atoms with Crippen molar-refractivity contribution in [2.75, 3.05) is 26.2 Å². The van der Waals surface area contributed by atoms with Gasteiger partial charge in [-0.15, -0.1) is 0 Å². The normalized spacial score (nSPS) is 23.6. The molecule has 1 aromatic rings. The summed E-state index contributed by atoms with van der Waals surface area (Å²) in [5.74, 6) is 1.97. The van der Waals surface area contributed by atoms with Gasteiger partial charge in [-0.3, -0.25) is 9.69 Å². The molecule has 0 spiro atoms. The van der Waals surface area contributed by atoms with Gasteiger partial charge in [0.2, 0.25) is 5.91 Å². The highest BCUT2D eigenvalue weighted by Crippen LogP contribution is 2.30.